The van der Waals surface area contributed by atoms with Crippen molar-refractivity contribution >= 4 is 32.6 Å². The molecule has 0 unspecified atom stereocenters. The van der Waals surface area contributed by atoms with Gasteiger partial charge in [-0.3, -0.25) is 4.90 Å². The lowest BCUT2D eigenvalue weighted by Crippen LogP contribution is -2.52. The third kappa shape index (κ3) is 3.19. The summed E-state index contributed by atoms with van der Waals surface area (Å²) in [6.07, 6.45) is 5.39. The van der Waals surface area contributed by atoms with E-state index in [0.717, 1.165) is 35.9 Å². The Morgan fingerprint density at radius 2 is 2.13 bits per heavy atom. The largest absolute Gasteiger partial charge is 0.343 e. The van der Waals surface area contributed by atoms with E-state index in [-0.39, 0.29) is 0 Å². The molecule has 0 radical (unpaired) electrons. The fraction of sp³-hybridized carbons (Fsp3) is 0.529. The molecule has 0 amide bonds. The van der Waals surface area contributed by atoms with Crippen LogP contribution in [0.25, 0.3) is 10.2 Å². The van der Waals surface area contributed by atoms with Crippen LogP contribution in [-0.2, 0) is 0 Å². The number of fused-ring (bicyclic) bond motifs is 1. The van der Waals surface area contributed by atoms with Crippen molar-refractivity contribution in [2.45, 2.75) is 38.6 Å². The van der Waals surface area contributed by atoms with E-state index in [1.807, 2.05) is 18.2 Å². The third-order valence-corrected chi connectivity index (χ3v) is 5.87. The van der Waals surface area contributed by atoms with E-state index in [4.69, 9.17) is 0 Å². The van der Waals surface area contributed by atoms with Gasteiger partial charge in [0.05, 0.1) is 23.6 Å². The average molecular weight is 329 g/mol. The highest BCUT2D eigenvalue weighted by Gasteiger charge is 2.28. The molecule has 2 aromatic rings. The summed E-state index contributed by atoms with van der Waals surface area (Å²) in [6, 6.07) is 8.87. The fourth-order valence-electron chi connectivity index (χ4n) is 3.62. The van der Waals surface area contributed by atoms with Gasteiger partial charge in [0.15, 0.2) is 11.1 Å². The van der Waals surface area contributed by atoms with Crippen molar-refractivity contribution in [2.24, 2.45) is 10.9 Å². The van der Waals surface area contributed by atoms with Crippen molar-refractivity contribution in [3.63, 3.8) is 0 Å². The van der Waals surface area contributed by atoms with Crippen molar-refractivity contribution in [1.82, 2.24) is 15.2 Å². The molecule has 122 valence electrons. The van der Waals surface area contributed by atoms with Crippen LogP contribution in [-0.4, -0.2) is 35.2 Å². The average Bonchev–Trinajstić information content (AvgIpc) is 2.98. The van der Waals surface area contributed by atoms with Gasteiger partial charge in [0.25, 0.3) is 0 Å². The lowest BCUT2D eigenvalue weighted by atomic mass is 9.85. The molecule has 2 heterocycles. The topological polar surface area (TPSA) is 52.5 Å². The predicted octanol–water partition coefficient (Wildman–Crippen LogP) is 3.46. The maximum absolute atomic E-state index is 4.67. The number of hydrogen-bond acceptors (Lipinski definition) is 6. The summed E-state index contributed by atoms with van der Waals surface area (Å²) in [4.78, 5) is 11.7. The van der Waals surface area contributed by atoms with E-state index in [1.165, 1.54) is 30.4 Å². The van der Waals surface area contributed by atoms with Crippen molar-refractivity contribution in [1.29, 1.82) is 0 Å². The molecule has 1 saturated carbocycles. The molecule has 0 bridgehead atoms. The van der Waals surface area contributed by atoms with Crippen LogP contribution in [0.15, 0.2) is 29.3 Å². The molecule has 1 fully saturated rings. The highest BCUT2D eigenvalue weighted by molar-refractivity contribution is 7.22. The zero-order valence-corrected chi connectivity index (χ0v) is 14.3. The van der Waals surface area contributed by atoms with Gasteiger partial charge in [-0.05, 0) is 30.9 Å². The number of aliphatic imine (C=N–C) groups is 1. The number of thiazole rings is 1. The second-order valence-electron chi connectivity index (χ2n) is 6.51. The van der Waals surface area contributed by atoms with Crippen molar-refractivity contribution < 1.29 is 0 Å². The summed E-state index contributed by atoms with van der Waals surface area (Å²) in [5, 5.41) is 7.64. The lowest BCUT2D eigenvalue weighted by molar-refractivity contribution is 0.107. The van der Waals surface area contributed by atoms with Crippen LogP contribution >= 0.6 is 11.3 Å². The van der Waals surface area contributed by atoms with Gasteiger partial charge in [-0.2, -0.15) is 0 Å². The Morgan fingerprint density at radius 3 is 2.91 bits per heavy atom. The van der Waals surface area contributed by atoms with E-state index in [0.29, 0.717) is 6.04 Å². The third-order valence-electron chi connectivity index (χ3n) is 4.91. The minimum atomic E-state index is 0.670. The first-order valence-corrected chi connectivity index (χ1v) is 9.26. The number of guanidine groups is 1. The van der Waals surface area contributed by atoms with Crippen molar-refractivity contribution in [2.75, 3.05) is 18.7 Å². The van der Waals surface area contributed by atoms with Gasteiger partial charge in [0.2, 0.25) is 0 Å². The van der Waals surface area contributed by atoms with Crippen LogP contribution < -0.4 is 10.6 Å². The molecular formula is C17H23N5S. The van der Waals surface area contributed by atoms with Gasteiger partial charge >= 0.3 is 0 Å². The molecule has 6 heteroatoms. The molecule has 2 N–H and O–H groups in total. The molecule has 2 aliphatic rings. The standard InChI is InChI=1S/C17H23N5S/c1-12-6-2-4-8-14(12)22-10-18-16(19-11-22)21-17-20-13-7-3-5-9-15(13)23-17/h3,5,7,9,12,14H,2,4,6,8,10-11H2,1H3,(H2,18,19,20,21)/t12-,14+/m1/s1. The molecule has 1 aliphatic heterocycles. The number of benzene rings is 1. The predicted molar refractivity (Wildman–Crippen MR) is 96.8 cm³/mol. The molecule has 1 aromatic carbocycles. The van der Waals surface area contributed by atoms with Gasteiger partial charge in [-0.15, -0.1) is 0 Å². The number of hydrogen-bond donors (Lipinski definition) is 2. The van der Waals surface area contributed by atoms with Crippen LogP contribution in [0.4, 0.5) is 5.13 Å². The van der Waals surface area contributed by atoms with Crippen molar-refractivity contribution in [3.8, 4) is 0 Å². The van der Waals surface area contributed by atoms with Gasteiger partial charge in [0.1, 0.15) is 0 Å². The molecule has 2 atom stereocenters. The van der Waals surface area contributed by atoms with Crippen LogP contribution in [0.1, 0.15) is 32.6 Å². The molecular weight excluding hydrogens is 306 g/mol. The zero-order chi connectivity index (χ0) is 15.6. The highest BCUT2D eigenvalue weighted by Crippen LogP contribution is 2.28. The number of nitrogens with zero attached hydrogens (tertiary/aromatic N) is 3. The van der Waals surface area contributed by atoms with Crippen LogP contribution in [0, 0.1) is 5.92 Å². The Morgan fingerprint density at radius 1 is 1.26 bits per heavy atom. The number of aromatic nitrogens is 1. The Kier molecular flexibility index (Phi) is 4.18. The number of rotatable bonds is 2. The summed E-state index contributed by atoms with van der Waals surface area (Å²) in [5.74, 6) is 1.61. The number of para-hydroxylation sites is 1. The summed E-state index contributed by atoms with van der Waals surface area (Å²) in [6.45, 7) is 4.02. The first kappa shape index (κ1) is 14.9. The van der Waals surface area contributed by atoms with E-state index < -0.39 is 0 Å². The Bertz CT molecular complexity index is 677. The van der Waals surface area contributed by atoms with Crippen LogP contribution in [0.3, 0.4) is 0 Å². The Labute approximate surface area is 140 Å². The molecule has 5 nitrogen and oxygen atoms in total. The second kappa shape index (κ2) is 6.45. The molecule has 0 spiro atoms. The minimum Gasteiger partial charge on any atom is -0.343 e. The first-order chi connectivity index (χ1) is 11.3. The molecule has 23 heavy (non-hydrogen) atoms. The summed E-state index contributed by atoms with van der Waals surface area (Å²) in [7, 11) is 0. The van der Waals surface area contributed by atoms with Gasteiger partial charge in [-0.1, -0.05) is 43.2 Å². The molecule has 1 aliphatic carbocycles. The van der Waals surface area contributed by atoms with E-state index in [1.54, 1.807) is 11.3 Å². The summed E-state index contributed by atoms with van der Waals surface area (Å²) < 4.78 is 1.20. The monoisotopic (exact) mass is 329 g/mol. The minimum absolute atomic E-state index is 0.670. The summed E-state index contributed by atoms with van der Waals surface area (Å²) in [5.41, 5.74) is 1.04. The molecule has 1 aromatic heterocycles. The van der Waals surface area contributed by atoms with Crippen molar-refractivity contribution in [3.05, 3.63) is 24.3 Å². The normalized spacial score (nSPS) is 25.9. The van der Waals surface area contributed by atoms with Crippen LogP contribution in [0.5, 0.6) is 0 Å². The first-order valence-electron chi connectivity index (χ1n) is 8.44. The molecule has 0 saturated heterocycles. The summed E-state index contributed by atoms with van der Waals surface area (Å²) >= 11 is 1.66. The Balaban J connectivity index is 1.41. The van der Waals surface area contributed by atoms with E-state index >= 15 is 0 Å². The maximum Gasteiger partial charge on any atom is 0.199 e. The second-order valence-corrected chi connectivity index (χ2v) is 7.54. The lowest BCUT2D eigenvalue weighted by Gasteiger charge is -2.39. The molecule has 4 rings (SSSR count). The quantitative estimate of drug-likeness (QED) is 0.886. The fourth-order valence-corrected chi connectivity index (χ4v) is 4.48. The zero-order valence-electron chi connectivity index (χ0n) is 13.5. The van der Waals surface area contributed by atoms with Gasteiger partial charge in [-0.25, -0.2) is 9.98 Å². The number of anilines is 1. The Hall–Kier alpha value is -1.66. The van der Waals surface area contributed by atoms with Gasteiger partial charge < -0.3 is 10.6 Å². The number of nitrogens with one attached hydrogen (secondary N) is 2. The highest BCUT2D eigenvalue weighted by atomic mass is 32.1. The van der Waals surface area contributed by atoms with Crippen LogP contribution in [0.2, 0.25) is 0 Å². The van der Waals surface area contributed by atoms with Gasteiger partial charge in [0, 0.05) is 6.04 Å². The van der Waals surface area contributed by atoms with E-state index in [9.17, 15) is 0 Å². The smallest absolute Gasteiger partial charge is 0.199 e. The SMILES string of the molecule is C[C@@H]1CCCC[C@@H]1N1CN=C(Nc2nc3ccccc3s2)NC1. The maximum atomic E-state index is 4.67. The van der Waals surface area contributed by atoms with E-state index in [2.05, 4.69) is 38.5 Å².